The molecule has 1 spiro atoms. The van der Waals surface area contributed by atoms with Gasteiger partial charge in [0.2, 0.25) is 5.91 Å². The molecule has 1 atom stereocenters. The molecule has 20 heavy (non-hydrogen) atoms. The van der Waals surface area contributed by atoms with Crippen LogP contribution in [0.3, 0.4) is 0 Å². The molecule has 2 aliphatic heterocycles. The van der Waals surface area contributed by atoms with E-state index in [4.69, 9.17) is 0 Å². The van der Waals surface area contributed by atoms with Gasteiger partial charge in [0, 0.05) is 13.1 Å². The predicted molar refractivity (Wildman–Crippen MR) is 85.3 cm³/mol. The Balaban J connectivity index is 0.00000200. The van der Waals surface area contributed by atoms with E-state index in [9.17, 15) is 4.79 Å². The monoisotopic (exact) mass is 303 g/mol. The summed E-state index contributed by atoms with van der Waals surface area (Å²) in [7, 11) is 0. The second-order valence-electron chi connectivity index (χ2n) is 6.79. The van der Waals surface area contributed by atoms with E-state index in [0.29, 0.717) is 11.3 Å². The van der Waals surface area contributed by atoms with Crippen LogP contribution in [0.1, 0.15) is 40.0 Å². The quantitative estimate of drug-likeness (QED) is 0.830. The lowest BCUT2D eigenvalue weighted by atomic mass is 9.78. The molecule has 1 unspecified atom stereocenters. The van der Waals surface area contributed by atoms with Gasteiger partial charge in [-0.3, -0.25) is 9.69 Å². The van der Waals surface area contributed by atoms with Gasteiger partial charge >= 0.3 is 0 Å². The smallest absolute Gasteiger partial charge is 0.237 e. The molecule has 2 heterocycles. The topological polar surface area (TPSA) is 44.4 Å². The zero-order valence-electron chi connectivity index (χ0n) is 13.1. The summed E-state index contributed by atoms with van der Waals surface area (Å²) in [4.78, 5) is 14.5. The minimum absolute atomic E-state index is 0. The summed E-state index contributed by atoms with van der Waals surface area (Å²) in [5, 5.41) is 6.49. The van der Waals surface area contributed by atoms with E-state index in [0.717, 1.165) is 32.7 Å². The van der Waals surface area contributed by atoms with Gasteiger partial charge in [-0.15, -0.1) is 12.4 Å². The molecule has 0 aliphatic carbocycles. The molecule has 0 aromatic carbocycles. The summed E-state index contributed by atoms with van der Waals surface area (Å²) in [5.41, 5.74) is 0.484. The molecule has 2 fully saturated rings. The third-order valence-electron chi connectivity index (χ3n) is 4.74. The Kier molecular flexibility index (Phi) is 6.76. The molecular formula is C15H30ClN3O. The van der Waals surface area contributed by atoms with Gasteiger partial charge in [0.05, 0.1) is 6.04 Å². The number of carbonyl (C=O) groups is 1. The SMILES string of the molecule is CC(C)CNC(=O)C(C)N1CCC2(CCNCC2)C1.Cl. The highest BCUT2D eigenvalue weighted by Crippen LogP contribution is 2.39. The molecule has 0 radical (unpaired) electrons. The Morgan fingerprint density at radius 1 is 1.25 bits per heavy atom. The summed E-state index contributed by atoms with van der Waals surface area (Å²) in [6, 6.07) is 0.0213. The van der Waals surface area contributed by atoms with Crippen LogP contribution in [-0.4, -0.2) is 49.6 Å². The van der Waals surface area contributed by atoms with Gasteiger partial charge in [-0.2, -0.15) is 0 Å². The van der Waals surface area contributed by atoms with Crippen LogP contribution in [0.15, 0.2) is 0 Å². The van der Waals surface area contributed by atoms with Crippen molar-refractivity contribution in [1.29, 1.82) is 0 Å². The van der Waals surface area contributed by atoms with Crippen LogP contribution in [0.5, 0.6) is 0 Å². The van der Waals surface area contributed by atoms with E-state index in [1.165, 1.54) is 19.3 Å². The predicted octanol–water partition coefficient (Wildman–Crippen LogP) is 1.64. The first-order valence-corrected chi connectivity index (χ1v) is 7.75. The molecule has 2 N–H and O–H groups in total. The number of amides is 1. The highest BCUT2D eigenvalue weighted by atomic mass is 35.5. The Morgan fingerprint density at radius 3 is 2.50 bits per heavy atom. The van der Waals surface area contributed by atoms with Crippen LogP contribution >= 0.6 is 12.4 Å². The van der Waals surface area contributed by atoms with Crippen molar-refractivity contribution in [2.75, 3.05) is 32.7 Å². The van der Waals surface area contributed by atoms with Crippen molar-refractivity contribution in [3.05, 3.63) is 0 Å². The van der Waals surface area contributed by atoms with E-state index < -0.39 is 0 Å². The number of nitrogens with zero attached hydrogens (tertiary/aromatic N) is 1. The lowest BCUT2D eigenvalue weighted by Gasteiger charge is -2.34. The van der Waals surface area contributed by atoms with E-state index in [1.807, 2.05) is 0 Å². The number of piperidine rings is 1. The third kappa shape index (κ3) is 4.34. The molecule has 1 amide bonds. The molecule has 5 heteroatoms. The Morgan fingerprint density at radius 2 is 1.90 bits per heavy atom. The lowest BCUT2D eigenvalue weighted by molar-refractivity contribution is -0.125. The minimum Gasteiger partial charge on any atom is -0.354 e. The molecule has 118 valence electrons. The van der Waals surface area contributed by atoms with E-state index in [1.54, 1.807) is 0 Å². The summed E-state index contributed by atoms with van der Waals surface area (Å²) in [6.07, 6.45) is 3.80. The van der Waals surface area contributed by atoms with Gasteiger partial charge in [-0.05, 0) is 57.2 Å². The van der Waals surface area contributed by atoms with Gasteiger partial charge in [-0.1, -0.05) is 13.8 Å². The fourth-order valence-corrected chi connectivity index (χ4v) is 3.28. The fraction of sp³-hybridized carbons (Fsp3) is 0.933. The molecule has 2 aliphatic rings. The first-order chi connectivity index (χ1) is 9.02. The number of halogens is 1. The van der Waals surface area contributed by atoms with Crippen molar-refractivity contribution < 1.29 is 4.79 Å². The number of hydrogen-bond donors (Lipinski definition) is 2. The fourth-order valence-electron chi connectivity index (χ4n) is 3.28. The van der Waals surface area contributed by atoms with Crippen LogP contribution in [-0.2, 0) is 4.79 Å². The van der Waals surface area contributed by atoms with E-state index >= 15 is 0 Å². The minimum atomic E-state index is 0. The maximum atomic E-state index is 12.1. The lowest BCUT2D eigenvalue weighted by Crippen LogP contribution is -2.46. The summed E-state index contributed by atoms with van der Waals surface area (Å²) in [5.74, 6) is 0.713. The van der Waals surface area contributed by atoms with Gasteiger partial charge in [-0.25, -0.2) is 0 Å². The number of rotatable bonds is 4. The Labute approximate surface area is 129 Å². The maximum absolute atomic E-state index is 12.1. The second-order valence-corrected chi connectivity index (χ2v) is 6.79. The largest absolute Gasteiger partial charge is 0.354 e. The van der Waals surface area contributed by atoms with Crippen LogP contribution < -0.4 is 10.6 Å². The van der Waals surface area contributed by atoms with E-state index in [-0.39, 0.29) is 24.4 Å². The average molecular weight is 304 g/mol. The highest BCUT2D eigenvalue weighted by Gasteiger charge is 2.41. The van der Waals surface area contributed by atoms with Crippen molar-refractivity contribution in [1.82, 2.24) is 15.5 Å². The van der Waals surface area contributed by atoms with Crippen LogP contribution in [0, 0.1) is 11.3 Å². The van der Waals surface area contributed by atoms with Crippen molar-refractivity contribution in [3.8, 4) is 0 Å². The third-order valence-corrected chi connectivity index (χ3v) is 4.74. The van der Waals surface area contributed by atoms with Crippen molar-refractivity contribution in [2.45, 2.75) is 46.1 Å². The van der Waals surface area contributed by atoms with Crippen molar-refractivity contribution in [2.24, 2.45) is 11.3 Å². The average Bonchev–Trinajstić information content (AvgIpc) is 2.79. The zero-order valence-corrected chi connectivity index (χ0v) is 13.9. The van der Waals surface area contributed by atoms with Gasteiger partial charge in [0.15, 0.2) is 0 Å². The summed E-state index contributed by atoms with van der Waals surface area (Å²) >= 11 is 0. The highest BCUT2D eigenvalue weighted by molar-refractivity contribution is 5.85. The zero-order chi connectivity index (χ0) is 13.9. The van der Waals surface area contributed by atoms with Crippen LogP contribution in [0.25, 0.3) is 0 Å². The first-order valence-electron chi connectivity index (χ1n) is 7.75. The normalized spacial score (nSPS) is 23.6. The van der Waals surface area contributed by atoms with Crippen molar-refractivity contribution in [3.63, 3.8) is 0 Å². The summed E-state index contributed by atoms with van der Waals surface area (Å²) < 4.78 is 0. The molecule has 0 saturated carbocycles. The van der Waals surface area contributed by atoms with Crippen LogP contribution in [0.2, 0.25) is 0 Å². The second kappa shape index (κ2) is 7.62. The number of likely N-dealkylation sites (tertiary alicyclic amines) is 1. The summed E-state index contributed by atoms with van der Waals surface area (Å²) in [6.45, 7) is 11.6. The van der Waals surface area contributed by atoms with E-state index in [2.05, 4.69) is 36.3 Å². The number of hydrogen-bond acceptors (Lipinski definition) is 3. The number of nitrogens with one attached hydrogen (secondary N) is 2. The van der Waals surface area contributed by atoms with Gasteiger partial charge in [0.1, 0.15) is 0 Å². The van der Waals surface area contributed by atoms with Crippen LogP contribution in [0.4, 0.5) is 0 Å². The Bertz CT molecular complexity index is 316. The van der Waals surface area contributed by atoms with Crippen molar-refractivity contribution >= 4 is 18.3 Å². The molecule has 2 rings (SSSR count). The Hall–Kier alpha value is -0.320. The first kappa shape index (κ1) is 17.7. The maximum Gasteiger partial charge on any atom is 0.237 e. The standard InChI is InChI=1S/C15H29N3O.ClH/c1-12(2)10-17-14(19)13(3)18-9-6-15(11-18)4-7-16-8-5-15;/h12-13,16H,4-11H2,1-3H3,(H,17,19);1H. The molecule has 0 aromatic rings. The molecular weight excluding hydrogens is 274 g/mol. The van der Waals surface area contributed by atoms with Gasteiger partial charge in [0.25, 0.3) is 0 Å². The molecule has 4 nitrogen and oxygen atoms in total. The molecule has 0 bridgehead atoms. The molecule has 2 saturated heterocycles. The van der Waals surface area contributed by atoms with Gasteiger partial charge < -0.3 is 10.6 Å². The molecule has 0 aromatic heterocycles. The number of carbonyl (C=O) groups excluding carboxylic acids is 1.